The lowest BCUT2D eigenvalue weighted by Gasteiger charge is -2.41. The molecule has 2 heterocycles. The molecule has 7 atom stereocenters. The van der Waals surface area contributed by atoms with Crippen molar-refractivity contribution in [1.29, 1.82) is 0 Å². The highest BCUT2D eigenvalue weighted by atomic mass is 32.2. The number of hydrogen-bond donors (Lipinski definition) is 2. The van der Waals surface area contributed by atoms with Crippen molar-refractivity contribution in [2.75, 3.05) is 25.9 Å². The van der Waals surface area contributed by atoms with E-state index in [0.29, 0.717) is 27.9 Å². The number of likely N-dealkylation sites (tertiary alicyclic amines) is 1. The number of fused-ring (bicyclic) bond motifs is 1. The molecule has 2 aliphatic heterocycles. The lowest BCUT2D eigenvalue weighted by Crippen LogP contribution is -2.47. The molecule has 7 unspecified atom stereocenters. The molecule has 0 aromatic carbocycles. The van der Waals surface area contributed by atoms with Crippen molar-refractivity contribution in [2.24, 2.45) is 35.3 Å². The monoisotopic (exact) mass is 484 g/mol. The molecule has 2 saturated carbocycles. The quantitative estimate of drug-likeness (QED) is 0.550. The molecule has 4 fully saturated rings. The number of nitrogens with two attached hydrogens (primary N) is 1. The molecule has 0 aromatic rings. The predicted octanol–water partition coefficient (Wildman–Crippen LogP) is 4.78. The first-order valence-electron chi connectivity index (χ1n) is 12.7. The Hall–Kier alpha value is 0.307. The van der Waals surface area contributed by atoms with E-state index in [2.05, 4.69) is 24.2 Å². The van der Waals surface area contributed by atoms with Crippen molar-refractivity contribution >= 4 is 37.7 Å². The van der Waals surface area contributed by atoms with Crippen LogP contribution in [0.4, 0.5) is 0 Å². The van der Waals surface area contributed by atoms with Crippen molar-refractivity contribution in [3.8, 4) is 0 Å². The van der Waals surface area contributed by atoms with Gasteiger partial charge in [0.1, 0.15) is 0 Å². The lowest BCUT2D eigenvalue weighted by molar-refractivity contribution is -0.133. The first-order valence-corrected chi connectivity index (χ1v) is 18.0. The second kappa shape index (κ2) is 10.3. The summed E-state index contributed by atoms with van der Waals surface area (Å²) in [5.41, 5.74) is 6.47. The van der Waals surface area contributed by atoms with Crippen LogP contribution in [0.2, 0.25) is 18.6 Å². The van der Waals surface area contributed by atoms with E-state index in [1.807, 2.05) is 23.5 Å². The fraction of sp³-hybridized carbons (Fsp3) is 0.958. The summed E-state index contributed by atoms with van der Waals surface area (Å²) in [6.45, 7) is 6.98. The summed E-state index contributed by atoms with van der Waals surface area (Å²) in [7, 11) is -2.09. The Kier molecular flexibility index (Phi) is 8.11. The third-order valence-electron chi connectivity index (χ3n) is 9.12. The van der Waals surface area contributed by atoms with Crippen LogP contribution in [0.1, 0.15) is 57.8 Å². The zero-order valence-electron chi connectivity index (χ0n) is 19.8. The van der Waals surface area contributed by atoms with Gasteiger partial charge in [0.2, 0.25) is 5.91 Å². The third-order valence-corrected chi connectivity index (χ3v) is 14.8. The summed E-state index contributed by atoms with van der Waals surface area (Å²) in [5, 5.41) is 0.153. The Morgan fingerprint density at radius 2 is 1.81 bits per heavy atom. The molecule has 2 aliphatic carbocycles. The van der Waals surface area contributed by atoms with Crippen molar-refractivity contribution in [3.63, 3.8) is 0 Å². The van der Waals surface area contributed by atoms with E-state index in [9.17, 15) is 9.59 Å². The van der Waals surface area contributed by atoms with E-state index >= 15 is 0 Å². The van der Waals surface area contributed by atoms with Crippen LogP contribution in [0.15, 0.2) is 0 Å². The van der Waals surface area contributed by atoms with E-state index in [1.54, 1.807) is 0 Å². The summed E-state index contributed by atoms with van der Waals surface area (Å²) < 4.78 is 0.520. The van der Waals surface area contributed by atoms with Gasteiger partial charge in [-0.15, -0.1) is 11.8 Å². The molecule has 4 aliphatic rings. The minimum atomic E-state index is -2.09. The van der Waals surface area contributed by atoms with Gasteiger partial charge in [-0.05, 0) is 99.6 Å². The Bertz CT molecular complexity index is 623. The largest absolute Gasteiger partial charge is 0.432 e. The Morgan fingerprint density at radius 3 is 2.45 bits per heavy atom. The van der Waals surface area contributed by atoms with E-state index in [0.717, 1.165) is 56.7 Å². The first-order chi connectivity index (χ1) is 14.8. The smallest absolute Gasteiger partial charge is 0.236 e. The summed E-state index contributed by atoms with van der Waals surface area (Å²) in [5.74, 6) is 3.91. The average Bonchev–Trinajstić information content (AvgIpc) is 3.16. The van der Waals surface area contributed by atoms with E-state index in [4.69, 9.17) is 5.73 Å². The number of carbonyl (C=O) groups excluding carboxylic acids is 1. The molecular formula is C24H44N2O2S2Si. The van der Waals surface area contributed by atoms with Crippen molar-refractivity contribution in [1.82, 2.24) is 4.90 Å². The van der Waals surface area contributed by atoms with Crippen LogP contribution < -0.4 is 5.73 Å². The molecule has 0 spiro atoms. The van der Waals surface area contributed by atoms with E-state index in [-0.39, 0.29) is 5.25 Å². The number of carbonyl (C=O) groups is 1. The zero-order chi connectivity index (χ0) is 22.2. The standard InChI is InChI=1S/C24H44N2O2S2Si/c1-29-24-21-14-19(31(2,3)28)7-8-20(21)22(30-24)23(27)26-11-9-17(10-12-26)18-6-4-5-16(13-18)15-25/h16-22,24,28H,4-15,25H2,1-3H3. The van der Waals surface area contributed by atoms with Gasteiger partial charge in [-0.3, -0.25) is 4.79 Å². The highest BCUT2D eigenvalue weighted by Gasteiger charge is 2.52. The topological polar surface area (TPSA) is 66.6 Å². The van der Waals surface area contributed by atoms with Crippen molar-refractivity contribution < 1.29 is 9.59 Å². The minimum absolute atomic E-state index is 0.153. The van der Waals surface area contributed by atoms with Crippen LogP contribution >= 0.6 is 23.5 Å². The van der Waals surface area contributed by atoms with Crippen LogP contribution in [-0.4, -0.2) is 59.6 Å². The summed E-state index contributed by atoms with van der Waals surface area (Å²) >= 11 is 3.89. The predicted molar refractivity (Wildman–Crippen MR) is 137 cm³/mol. The number of rotatable bonds is 5. The highest BCUT2D eigenvalue weighted by molar-refractivity contribution is 8.17. The molecule has 4 nitrogen and oxygen atoms in total. The highest BCUT2D eigenvalue weighted by Crippen LogP contribution is 2.57. The van der Waals surface area contributed by atoms with Gasteiger partial charge in [-0.1, -0.05) is 19.3 Å². The number of piperidine rings is 1. The molecule has 7 heteroatoms. The Morgan fingerprint density at radius 1 is 1.06 bits per heavy atom. The molecule has 31 heavy (non-hydrogen) atoms. The van der Waals surface area contributed by atoms with Gasteiger partial charge >= 0.3 is 0 Å². The van der Waals surface area contributed by atoms with Gasteiger partial charge in [-0.2, -0.15) is 11.8 Å². The normalized spacial score (nSPS) is 40.0. The molecule has 2 saturated heterocycles. The second-order valence-corrected chi connectivity index (χ2v) is 18.0. The SMILES string of the molecule is CSC1SC(C(=O)N2CCC(C3CCCC(CN)C3)CC2)C2CCC([Si](C)(C)O)CC12. The fourth-order valence-electron chi connectivity index (χ4n) is 7.12. The molecule has 0 bridgehead atoms. The lowest BCUT2D eigenvalue weighted by atomic mass is 9.72. The van der Waals surface area contributed by atoms with E-state index < -0.39 is 8.32 Å². The van der Waals surface area contributed by atoms with Gasteiger partial charge < -0.3 is 15.4 Å². The molecule has 1 amide bonds. The molecular weight excluding hydrogens is 440 g/mol. The number of hydrogen-bond acceptors (Lipinski definition) is 5. The average molecular weight is 485 g/mol. The van der Waals surface area contributed by atoms with Gasteiger partial charge in [0.25, 0.3) is 0 Å². The van der Waals surface area contributed by atoms with Crippen molar-refractivity contribution in [3.05, 3.63) is 0 Å². The Balaban J connectivity index is 1.34. The maximum atomic E-state index is 13.6. The zero-order valence-corrected chi connectivity index (χ0v) is 22.4. The fourth-order valence-corrected chi connectivity index (χ4v) is 11.9. The Labute approximate surface area is 199 Å². The van der Waals surface area contributed by atoms with Crippen LogP contribution in [0.5, 0.6) is 0 Å². The minimum Gasteiger partial charge on any atom is -0.432 e. The molecule has 3 N–H and O–H groups in total. The second-order valence-electron chi connectivity index (χ2n) is 11.3. The summed E-state index contributed by atoms with van der Waals surface area (Å²) in [4.78, 5) is 26.5. The number of nitrogens with zero attached hydrogens (tertiary/aromatic N) is 1. The number of thioether (sulfide) groups is 2. The van der Waals surface area contributed by atoms with Crippen molar-refractivity contribution in [2.45, 2.75) is 86.3 Å². The third kappa shape index (κ3) is 5.36. The van der Waals surface area contributed by atoms with Crippen LogP contribution in [0.25, 0.3) is 0 Å². The molecule has 0 aromatic heterocycles. The van der Waals surface area contributed by atoms with Gasteiger partial charge in [0, 0.05) is 13.1 Å². The molecule has 0 radical (unpaired) electrons. The van der Waals surface area contributed by atoms with Crippen LogP contribution in [0.3, 0.4) is 0 Å². The maximum absolute atomic E-state index is 13.6. The van der Waals surface area contributed by atoms with Crippen LogP contribution in [-0.2, 0) is 4.79 Å². The van der Waals surface area contributed by atoms with Gasteiger partial charge in [0.05, 0.1) is 9.83 Å². The van der Waals surface area contributed by atoms with E-state index in [1.165, 1.54) is 38.5 Å². The van der Waals surface area contributed by atoms with Gasteiger partial charge in [-0.25, -0.2) is 0 Å². The molecule has 178 valence electrons. The van der Waals surface area contributed by atoms with Crippen LogP contribution in [0, 0.1) is 29.6 Å². The molecule has 4 rings (SSSR count). The maximum Gasteiger partial charge on any atom is 0.236 e. The first kappa shape index (κ1) is 24.4. The van der Waals surface area contributed by atoms with Gasteiger partial charge in [0.15, 0.2) is 8.32 Å². The summed E-state index contributed by atoms with van der Waals surface area (Å²) in [6.07, 6.45) is 13.3. The number of amides is 1. The summed E-state index contributed by atoms with van der Waals surface area (Å²) in [6, 6.07) is 0.